The van der Waals surface area contributed by atoms with Gasteiger partial charge < -0.3 is 9.73 Å². The van der Waals surface area contributed by atoms with E-state index in [0.717, 1.165) is 27.6 Å². The van der Waals surface area contributed by atoms with Crippen molar-refractivity contribution >= 4 is 26.9 Å². The van der Waals surface area contributed by atoms with Gasteiger partial charge in [0, 0.05) is 15.4 Å². The maximum Gasteiger partial charge on any atom is 0.134 e. The van der Waals surface area contributed by atoms with E-state index < -0.39 is 0 Å². The van der Waals surface area contributed by atoms with Gasteiger partial charge in [-0.25, -0.2) is 0 Å². The number of furan rings is 1. The summed E-state index contributed by atoms with van der Waals surface area (Å²) in [5.74, 6) is 0.991. The summed E-state index contributed by atoms with van der Waals surface area (Å²) in [6, 6.07) is 8.43. The van der Waals surface area contributed by atoms with Gasteiger partial charge in [-0.05, 0) is 56.9 Å². The molecule has 0 radical (unpaired) electrons. The molecule has 1 aromatic carbocycles. The Hall–Kier alpha value is -0.800. The second-order valence-electron chi connectivity index (χ2n) is 7.82. The SMILES string of the molecule is CC(NC(C)(C)CC(C)(C)C)c1cc2cc(Br)ccc2o1. The number of benzene rings is 1. The van der Waals surface area contributed by atoms with Crippen LogP contribution < -0.4 is 5.32 Å². The van der Waals surface area contributed by atoms with Crippen molar-refractivity contribution in [2.75, 3.05) is 0 Å². The predicted octanol–water partition coefficient (Wildman–Crippen LogP) is 6.06. The summed E-state index contributed by atoms with van der Waals surface area (Å²) in [5.41, 5.74) is 1.31. The van der Waals surface area contributed by atoms with Crippen LogP contribution in [0.1, 0.15) is 59.8 Å². The molecule has 1 N–H and O–H groups in total. The first-order chi connectivity index (χ1) is 9.56. The highest BCUT2D eigenvalue weighted by Gasteiger charge is 2.27. The molecule has 0 fully saturated rings. The van der Waals surface area contributed by atoms with Gasteiger partial charge in [0.2, 0.25) is 0 Å². The van der Waals surface area contributed by atoms with Gasteiger partial charge >= 0.3 is 0 Å². The van der Waals surface area contributed by atoms with Gasteiger partial charge in [-0.1, -0.05) is 36.7 Å². The molecule has 0 aliphatic rings. The molecule has 1 aromatic heterocycles. The summed E-state index contributed by atoms with van der Waals surface area (Å²) < 4.78 is 7.06. The lowest BCUT2D eigenvalue weighted by molar-refractivity contribution is 0.219. The van der Waals surface area contributed by atoms with E-state index in [1.54, 1.807) is 0 Å². The summed E-state index contributed by atoms with van der Waals surface area (Å²) >= 11 is 3.50. The van der Waals surface area contributed by atoms with Crippen LogP contribution in [0.4, 0.5) is 0 Å². The van der Waals surface area contributed by atoms with Crippen LogP contribution in [0.25, 0.3) is 11.0 Å². The van der Waals surface area contributed by atoms with Crippen molar-refractivity contribution in [1.29, 1.82) is 0 Å². The molecular formula is C18H26BrNO. The van der Waals surface area contributed by atoms with Crippen molar-refractivity contribution in [3.8, 4) is 0 Å². The minimum atomic E-state index is 0.0667. The fraction of sp³-hybridized carbons (Fsp3) is 0.556. The third-order valence-electron chi connectivity index (χ3n) is 3.50. The zero-order valence-corrected chi connectivity index (χ0v) is 15.5. The minimum Gasteiger partial charge on any atom is -0.459 e. The minimum absolute atomic E-state index is 0.0667. The van der Waals surface area contributed by atoms with Gasteiger partial charge in [0.1, 0.15) is 11.3 Å². The van der Waals surface area contributed by atoms with Gasteiger partial charge in [0.05, 0.1) is 6.04 Å². The molecule has 2 nitrogen and oxygen atoms in total. The second-order valence-corrected chi connectivity index (χ2v) is 8.73. The molecule has 21 heavy (non-hydrogen) atoms. The van der Waals surface area contributed by atoms with E-state index in [4.69, 9.17) is 4.42 Å². The van der Waals surface area contributed by atoms with Crippen molar-refractivity contribution in [2.24, 2.45) is 5.41 Å². The number of nitrogens with one attached hydrogen (secondary N) is 1. The largest absolute Gasteiger partial charge is 0.459 e. The lowest BCUT2D eigenvalue weighted by atomic mass is 9.81. The molecule has 0 amide bonds. The molecule has 1 unspecified atom stereocenters. The van der Waals surface area contributed by atoms with Crippen LogP contribution in [0.5, 0.6) is 0 Å². The molecular weight excluding hydrogens is 326 g/mol. The Labute approximate surface area is 136 Å². The standard InChI is InChI=1S/C18H26BrNO/c1-12(20-18(5,6)11-17(2,3)4)16-10-13-9-14(19)7-8-15(13)21-16/h7-10,12,20H,11H2,1-6H3. The van der Waals surface area contributed by atoms with Crippen LogP contribution in [0, 0.1) is 5.41 Å². The van der Waals surface area contributed by atoms with Crippen molar-refractivity contribution in [2.45, 2.75) is 59.5 Å². The lowest BCUT2D eigenvalue weighted by Gasteiger charge is -2.35. The van der Waals surface area contributed by atoms with E-state index in [1.165, 1.54) is 0 Å². The normalized spacial score (nSPS) is 14.6. The van der Waals surface area contributed by atoms with Gasteiger partial charge in [0.15, 0.2) is 0 Å². The molecule has 116 valence electrons. The van der Waals surface area contributed by atoms with Crippen molar-refractivity contribution in [3.05, 3.63) is 34.5 Å². The molecule has 0 saturated heterocycles. The first kappa shape index (κ1) is 16.6. The Morgan fingerprint density at radius 3 is 2.43 bits per heavy atom. The van der Waals surface area contributed by atoms with Gasteiger partial charge in [-0.2, -0.15) is 0 Å². The molecule has 0 aliphatic carbocycles. The quantitative estimate of drug-likeness (QED) is 0.723. The molecule has 0 bridgehead atoms. The lowest BCUT2D eigenvalue weighted by Crippen LogP contribution is -2.43. The van der Waals surface area contributed by atoms with E-state index in [1.807, 2.05) is 12.1 Å². The molecule has 1 atom stereocenters. The Balaban J connectivity index is 2.16. The van der Waals surface area contributed by atoms with E-state index in [0.29, 0.717) is 5.41 Å². The number of hydrogen-bond donors (Lipinski definition) is 1. The summed E-state index contributed by atoms with van der Waals surface area (Å²) in [4.78, 5) is 0. The first-order valence-electron chi connectivity index (χ1n) is 7.52. The van der Waals surface area contributed by atoms with Crippen molar-refractivity contribution in [1.82, 2.24) is 5.32 Å². The summed E-state index contributed by atoms with van der Waals surface area (Å²) in [6.45, 7) is 13.5. The van der Waals surface area contributed by atoms with Crippen LogP contribution >= 0.6 is 15.9 Å². The number of rotatable bonds is 4. The number of fused-ring (bicyclic) bond motifs is 1. The second kappa shape index (κ2) is 5.77. The molecule has 2 aromatic rings. The molecule has 2 rings (SSSR count). The Morgan fingerprint density at radius 2 is 1.81 bits per heavy atom. The fourth-order valence-corrected chi connectivity index (χ4v) is 3.66. The highest BCUT2D eigenvalue weighted by atomic mass is 79.9. The van der Waals surface area contributed by atoms with Crippen LogP contribution in [0.15, 0.2) is 33.2 Å². The predicted molar refractivity (Wildman–Crippen MR) is 93.6 cm³/mol. The first-order valence-corrected chi connectivity index (χ1v) is 8.32. The van der Waals surface area contributed by atoms with E-state index in [9.17, 15) is 0 Å². The molecule has 1 heterocycles. The van der Waals surface area contributed by atoms with Crippen LogP contribution in [0.2, 0.25) is 0 Å². The molecule has 0 saturated carbocycles. The summed E-state index contributed by atoms with van der Waals surface area (Å²) in [5, 5.41) is 4.84. The molecule has 0 spiro atoms. The maximum absolute atomic E-state index is 5.98. The Bertz CT molecular complexity index is 622. The van der Waals surface area contributed by atoms with Crippen molar-refractivity contribution < 1.29 is 4.42 Å². The van der Waals surface area contributed by atoms with Gasteiger partial charge in [-0.3, -0.25) is 0 Å². The smallest absolute Gasteiger partial charge is 0.134 e. The zero-order chi connectivity index (χ0) is 15.8. The topological polar surface area (TPSA) is 25.2 Å². The highest BCUT2D eigenvalue weighted by Crippen LogP contribution is 2.31. The van der Waals surface area contributed by atoms with E-state index >= 15 is 0 Å². The van der Waals surface area contributed by atoms with E-state index in [2.05, 4.69) is 74.9 Å². The van der Waals surface area contributed by atoms with Crippen LogP contribution in [-0.4, -0.2) is 5.54 Å². The molecule has 0 aliphatic heterocycles. The zero-order valence-electron chi connectivity index (χ0n) is 13.9. The maximum atomic E-state index is 5.98. The number of halogens is 1. The Morgan fingerprint density at radius 1 is 1.14 bits per heavy atom. The average molecular weight is 352 g/mol. The molecule has 3 heteroatoms. The highest BCUT2D eigenvalue weighted by molar-refractivity contribution is 9.10. The fourth-order valence-electron chi connectivity index (χ4n) is 3.28. The van der Waals surface area contributed by atoms with Gasteiger partial charge in [-0.15, -0.1) is 0 Å². The summed E-state index contributed by atoms with van der Waals surface area (Å²) in [7, 11) is 0. The average Bonchev–Trinajstić information content (AvgIpc) is 2.67. The summed E-state index contributed by atoms with van der Waals surface area (Å²) in [6.07, 6.45) is 1.11. The number of hydrogen-bond acceptors (Lipinski definition) is 2. The van der Waals surface area contributed by atoms with Crippen LogP contribution in [0.3, 0.4) is 0 Å². The Kier molecular flexibility index (Phi) is 4.55. The monoisotopic (exact) mass is 351 g/mol. The van der Waals surface area contributed by atoms with Gasteiger partial charge in [0.25, 0.3) is 0 Å². The van der Waals surface area contributed by atoms with E-state index in [-0.39, 0.29) is 11.6 Å². The van der Waals surface area contributed by atoms with Crippen molar-refractivity contribution in [3.63, 3.8) is 0 Å². The van der Waals surface area contributed by atoms with Crippen LogP contribution in [-0.2, 0) is 0 Å². The third kappa shape index (κ3) is 4.58. The third-order valence-corrected chi connectivity index (χ3v) is 4.00.